The van der Waals surface area contributed by atoms with Crippen LogP contribution >= 0.6 is 0 Å². The number of hydrogen-bond donors (Lipinski definition) is 1. The van der Waals surface area contributed by atoms with Crippen molar-refractivity contribution >= 4 is 15.9 Å². The largest absolute Gasteiger partial charge is 0.393 e. The lowest BCUT2D eigenvalue weighted by molar-refractivity contribution is 0.0768. The number of rotatable bonds is 6. The quantitative estimate of drug-likeness (QED) is 0.833. The van der Waals surface area contributed by atoms with Gasteiger partial charge in [0.2, 0.25) is 10.0 Å². The minimum absolute atomic E-state index is 0.212. The summed E-state index contributed by atoms with van der Waals surface area (Å²) in [5.41, 5.74) is 1.00. The molecule has 0 spiro atoms. The van der Waals surface area contributed by atoms with Crippen molar-refractivity contribution in [2.75, 3.05) is 26.7 Å². The standard InChI is InChI=1S/C18H28N2O4S/c1-14-7-8-16(18(22)19(3)12-9-15(2)21)13-17(14)25(23,24)20-10-5-4-6-11-20/h7-8,13,15,21H,4-6,9-12H2,1-3H3. The number of nitrogens with zero attached hydrogens (tertiary/aromatic N) is 2. The van der Waals surface area contributed by atoms with Crippen molar-refractivity contribution in [2.45, 2.75) is 50.5 Å². The van der Waals surface area contributed by atoms with Gasteiger partial charge in [-0.2, -0.15) is 4.31 Å². The Morgan fingerprint density at radius 2 is 1.92 bits per heavy atom. The average molecular weight is 368 g/mol. The Hall–Kier alpha value is -1.44. The van der Waals surface area contributed by atoms with Gasteiger partial charge in [-0.1, -0.05) is 12.5 Å². The van der Waals surface area contributed by atoms with Gasteiger partial charge in [-0.25, -0.2) is 8.42 Å². The summed E-state index contributed by atoms with van der Waals surface area (Å²) in [6.45, 7) is 4.91. The van der Waals surface area contributed by atoms with Crippen molar-refractivity contribution in [2.24, 2.45) is 0 Å². The molecule has 1 N–H and O–H groups in total. The van der Waals surface area contributed by atoms with E-state index in [4.69, 9.17) is 0 Å². The Morgan fingerprint density at radius 3 is 2.52 bits per heavy atom. The first-order valence-electron chi connectivity index (χ1n) is 8.78. The van der Waals surface area contributed by atoms with Gasteiger partial charge in [-0.15, -0.1) is 0 Å². The number of aliphatic hydroxyl groups is 1. The third kappa shape index (κ3) is 4.80. The molecule has 0 aromatic heterocycles. The zero-order valence-electron chi connectivity index (χ0n) is 15.2. The first-order valence-corrected chi connectivity index (χ1v) is 10.2. The van der Waals surface area contributed by atoms with E-state index < -0.39 is 16.1 Å². The SMILES string of the molecule is Cc1ccc(C(=O)N(C)CCC(C)O)cc1S(=O)(=O)N1CCCCC1. The van der Waals surface area contributed by atoms with Gasteiger partial charge < -0.3 is 10.0 Å². The van der Waals surface area contributed by atoms with Crippen LogP contribution in [0.4, 0.5) is 0 Å². The highest BCUT2D eigenvalue weighted by Crippen LogP contribution is 2.24. The molecule has 1 heterocycles. The fourth-order valence-corrected chi connectivity index (χ4v) is 4.73. The Labute approximate surface area is 150 Å². The predicted molar refractivity (Wildman–Crippen MR) is 97.0 cm³/mol. The molecule has 1 saturated heterocycles. The summed E-state index contributed by atoms with van der Waals surface area (Å²) < 4.78 is 27.4. The van der Waals surface area contributed by atoms with Crippen LogP contribution in [-0.4, -0.2) is 61.4 Å². The second kappa shape index (κ2) is 8.29. The Bertz CT molecular complexity index is 710. The maximum atomic E-state index is 12.9. The molecule has 0 radical (unpaired) electrons. The molecular weight excluding hydrogens is 340 g/mol. The zero-order valence-corrected chi connectivity index (χ0v) is 16.1. The van der Waals surface area contributed by atoms with Gasteiger partial charge in [0, 0.05) is 32.2 Å². The normalized spacial score (nSPS) is 17.3. The molecule has 1 amide bonds. The number of aliphatic hydroxyl groups excluding tert-OH is 1. The van der Waals surface area contributed by atoms with E-state index in [1.54, 1.807) is 33.0 Å². The van der Waals surface area contributed by atoms with Crippen LogP contribution in [-0.2, 0) is 10.0 Å². The van der Waals surface area contributed by atoms with Crippen LogP contribution in [0.5, 0.6) is 0 Å². The van der Waals surface area contributed by atoms with Gasteiger partial charge in [-0.05, 0) is 50.8 Å². The number of piperidine rings is 1. The smallest absolute Gasteiger partial charge is 0.253 e. The number of carbonyl (C=O) groups excluding carboxylic acids is 1. The van der Waals surface area contributed by atoms with E-state index in [0.29, 0.717) is 37.2 Å². The maximum Gasteiger partial charge on any atom is 0.253 e. The lowest BCUT2D eigenvalue weighted by Crippen LogP contribution is -2.36. The highest BCUT2D eigenvalue weighted by Gasteiger charge is 2.28. The average Bonchev–Trinajstić information content (AvgIpc) is 2.60. The highest BCUT2D eigenvalue weighted by molar-refractivity contribution is 7.89. The van der Waals surface area contributed by atoms with Gasteiger partial charge in [0.25, 0.3) is 5.91 Å². The molecule has 1 aliphatic heterocycles. The van der Waals surface area contributed by atoms with E-state index in [9.17, 15) is 18.3 Å². The Morgan fingerprint density at radius 1 is 1.28 bits per heavy atom. The van der Waals surface area contributed by atoms with E-state index in [-0.39, 0.29) is 10.8 Å². The number of aryl methyl sites for hydroxylation is 1. The lowest BCUT2D eigenvalue weighted by Gasteiger charge is -2.27. The molecule has 0 saturated carbocycles. The summed E-state index contributed by atoms with van der Waals surface area (Å²) >= 11 is 0. The second-order valence-corrected chi connectivity index (χ2v) is 8.72. The summed E-state index contributed by atoms with van der Waals surface area (Å²) in [6.07, 6.45) is 2.80. The zero-order chi connectivity index (χ0) is 18.6. The Kier molecular flexibility index (Phi) is 6.59. The van der Waals surface area contributed by atoms with Crippen LogP contribution in [0.1, 0.15) is 48.5 Å². The Balaban J connectivity index is 2.26. The van der Waals surface area contributed by atoms with Crippen molar-refractivity contribution in [3.8, 4) is 0 Å². The predicted octanol–water partition coefficient (Wildman–Crippen LogP) is 2.01. The minimum atomic E-state index is -3.58. The molecule has 6 nitrogen and oxygen atoms in total. The second-order valence-electron chi connectivity index (χ2n) is 6.81. The van der Waals surface area contributed by atoms with Crippen LogP contribution in [0.25, 0.3) is 0 Å². The lowest BCUT2D eigenvalue weighted by atomic mass is 10.1. The molecule has 140 valence electrons. The molecule has 25 heavy (non-hydrogen) atoms. The van der Waals surface area contributed by atoms with Crippen LogP contribution in [0.2, 0.25) is 0 Å². The number of hydrogen-bond acceptors (Lipinski definition) is 4. The third-order valence-corrected chi connectivity index (χ3v) is 6.64. The first-order chi connectivity index (χ1) is 11.7. The van der Waals surface area contributed by atoms with E-state index >= 15 is 0 Å². The minimum Gasteiger partial charge on any atom is -0.393 e. The molecule has 1 aromatic carbocycles. The van der Waals surface area contributed by atoms with Crippen molar-refractivity contribution in [3.63, 3.8) is 0 Å². The molecule has 1 aromatic rings. The molecule has 0 bridgehead atoms. The molecule has 1 unspecified atom stereocenters. The molecule has 2 rings (SSSR count). The fourth-order valence-electron chi connectivity index (χ4n) is 2.96. The molecule has 1 fully saturated rings. The van der Waals surface area contributed by atoms with Crippen LogP contribution in [0, 0.1) is 6.92 Å². The summed E-state index contributed by atoms with van der Waals surface area (Å²) in [7, 11) is -1.92. The topological polar surface area (TPSA) is 77.9 Å². The number of benzene rings is 1. The summed E-state index contributed by atoms with van der Waals surface area (Å²) in [5, 5.41) is 9.36. The van der Waals surface area contributed by atoms with Crippen LogP contribution in [0.3, 0.4) is 0 Å². The van der Waals surface area contributed by atoms with E-state index in [0.717, 1.165) is 19.3 Å². The van der Waals surface area contributed by atoms with E-state index in [2.05, 4.69) is 0 Å². The first kappa shape index (κ1) is 19.9. The summed E-state index contributed by atoms with van der Waals surface area (Å²) in [6, 6.07) is 4.83. The van der Waals surface area contributed by atoms with Gasteiger partial charge in [0.05, 0.1) is 11.0 Å². The van der Waals surface area contributed by atoms with E-state index in [1.165, 1.54) is 15.3 Å². The monoisotopic (exact) mass is 368 g/mol. The third-order valence-electron chi connectivity index (χ3n) is 4.60. The molecular formula is C18H28N2O4S. The number of amides is 1. The van der Waals surface area contributed by atoms with Crippen molar-refractivity contribution in [1.29, 1.82) is 0 Å². The van der Waals surface area contributed by atoms with Gasteiger partial charge in [-0.3, -0.25) is 4.79 Å². The number of sulfonamides is 1. The summed E-state index contributed by atoms with van der Waals surface area (Å²) in [4.78, 5) is 14.3. The maximum absolute atomic E-state index is 12.9. The summed E-state index contributed by atoms with van der Waals surface area (Å²) in [5.74, 6) is -0.240. The number of carbonyl (C=O) groups is 1. The van der Waals surface area contributed by atoms with Gasteiger partial charge in [0.15, 0.2) is 0 Å². The molecule has 1 atom stereocenters. The fraction of sp³-hybridized carbons (Fsp3) is 0.611. The molecule has 1 aliphatic rings. The van der Waals surface area contributed by atoms with Crippen molar-refractivity contribution in [3.05, 3.63) is 29.3 Å². The van der Waals surface area contributed by atoms with Crippen molar-refractivity contribution in [1.82, 2.24) is 9.21 Å². The van der Waals surface area contributed by atoms with Gasteiger partial charge >= 0.3 is 0 Å². The highest BCUT2D eigenvalue weighted by atomic mass is 32.2. The molecule has 0 aliphatic carbocycles. The molecule has 7 heteroatoms. The van der Waals surface area contributed by atoms with Crippen LogP contribution < -0.4 is 0 Å². The van der Waals surface area contributed by atoms with Crippen LogP contribution in [0.15, 0.2) is 23.1 Å². The van der Waals surface area contributed by atoms with Crippen molar-refractivity contribution < 1.29 is 18.3 Å². The van der Waals surface area contributed by atoms with E-state index in [1.807, 2.05) is 0 Å². The van der Waals surface area contributed by atoms with Gasteiger partial charge in [0.1, 0.15) is 0 Å².